The zero-order valence-electron chi connectivity index (χ0n) is 10.9. The van der Waals surface area contributed by atoms with E-state index in [2.05, 4.69) is 23.5 Å². The Bertz CT molecular complexity index is 755. The van der Waals surface area contributed by atoms with Crippen LogP contribution in [0.1, 0.15) is 24.3 Å². The number of fused-ring (bicyclic) bond motifs is 1. The molecule has 1 aliphatic rings. The Morgan fingerprint density at radius 2 is 1.75 bits per heavy atom. The minimum absolute atomic E-state index is 0.0698. The van der Waals surface area contributed by atoms with Gasteiger partial charge in [-0.05, 0) is 35.8 Å². The lowest BCUT2D eigenvalue weighted by molar-refractivity contribution is 1.15. The van der Waals surface area contributed by atoms with Gasteiger partial charge in [-0.25, -0.2) is 0 Å². The summed E-state index contributed by atoms with van der Waals surface area (Å²) in [6, 6.07) is 16.1. The molecule has 0 spiro atoms. The van der Waals surface area contributed by atoms with Crippen LogP contribution in [0.15, 0.2) is 48.2 Å². The molecule has 96 valence electrons. The van der Waals surface area contributed by atoms with Gasteiger partial charge in [-0.1, -0.05) is 30.3 Å². The van der Waals surface area contributed by atoms with E-state index in [1.165, 1.54) is 30.0 Å². The second kappa shape index (κ2) is 5.07. The maximum absolute atomic E-state index is 8.76. The molecule has 2 aromatic rings. The minimum atomic E-state index is 0.0698. The first-order chi connectivity index (χ1) is 9.83. The zero-order chi connectivity index (χ0) is 13.9. The van der Waals surface area contributed by atoms with Gasteiger partial charge in [-0.2, -0.15) is 10.5 Å². The van der Waals surface area contributed by atoms with Crippen molar-refractivity contribution in [2.75, 3.05) is 5.32 Å². The molecule has 0 bridgehead atoms. The molecule has 0 radical (unpaired) electrons. The Morgan fingerprint density at radius 1 is 1.05 bits per heavy atom. The predicted octanol–water partition coefficient (Wildman–Crippen LogP) is 4.06. The lowest BCUT2D eigenvalue weighted by Crippen LogP contribution is -1.93. The Balaban J connectivity index is 2.05. The van der Waals surface area contributed by atoms with E-state index in [0.717, 1.165) is 11.1 Å². The number of nitriles is 2. The highest BCUT2D eigenvalue weighted by molar-refractivity contribution is 5.97. The van der Waals surface area contributed by atoms with Crippen LogP contribution >= 0.6 is 0 Å². The maximum atomic E-state index is 8.76. The van der Waals surface area contributed by atoms with Crippen molar-refractivity contribution < 1.29 is 0 Å². The van der Waals surface area contributed by atoms with E-state index in [-0.39, 0.29) is 5.57 Å². The SMILES string of the molecule is N#CC(C#N)=CNc1ccc(C2CC2)c2ccccc12. The first kappa shape index (κ1) is 12.3. The van der Waals surface area contributed by atoms with E-state index in [1.54, 1.807) is 0 Å². The normalized spacial score (nSPS) is 13.3. The number of hydrogen-bond donors (Lipinski definition) is 1. The van der Waals surface area contributed by atoms with Crippen molar-refractivity contribution in [3.63, 3.8) is 0 Å². The van der Waals surface area contributed by atoms with E-state index in [1.807, 2.05) is 30.3 Å². The van der Waals surface area contributed by atoms with Crippen molar-refractivity contribution in [2.24, 2.45) is 0 Å². The fourth-order valence-electron chi connectivity index (χ4n) is 2.44. The third kappa shape index (κ3) is 2.22. The van der Waals surface area contributed by atoms with Crippen molar-refractivity contribution in [1.29, 1.82) is 10.5 Å². The van der Waals surface area contributed by atoms with Crippen LogP contribution in [-0.4, -0.2) is 0 Å². The molecule has 0 saturated heterocycles. The molecule has 0 unspecified atom stereocenters. The minimum Gasteiger partial charge on any atom is -0.359 e. The van der Waals surface area contributed by atoms with Gasteiger partial charge in [-0.3, -0.25) is 0 Å². The summed E-state index contributed by atoms with van der Waals surface area (Å²) in [5.41, 5.74) is 2.39. The number of allylic oxidation sites excluding steroid dienone is 1. The van der Waals surface area contributed by atoms with Crippen molar-refractivity contribution in [3.05, 3.63) is 53.7 Å². The molecule has 0 aromatic heterocycles. The average Bonchev–Trinajstić information content (AvgIpc) is 3.33. The number of benzene rings is 2. The van der Waals surface area contributed by atoms with Crippen molar-refractivity contribution >= 4 is 16.5 Å². The largest absolute Gasteiger partial charge is 0.359 e. The van der Waals surface area contributed by atoms with Gasteiger partial charge in [0.1, 0.15) is 17.7 Å². The standard InChI is InChI=1S/C17H13N3/c18-9-12(10-19)11-20-17-8-7-14(13-5-6-13)15-3-1-2-4-16(15)17/h1-4,7-8,11,13,20H,5-6H2. The maximum Gasteiger partial charge on any atom is 0.145 e. The topological polar surface area (TPSA) is 59.6 Å². The molecule has 1 saturated carbocycles. The molecule has 3 rings (SSSR count). The quantitative estimate of drug-likeness (QED) is 0.845. The Morgan fingerprint density at radius 3 is 2.40 bits per heavy atom. The summed E-state index contributed by atoms with van der Waals surface area (Å²) < 4.78 is 0. The summed E-state index contributed by atoms with van der Waals surface area (Å²) in [5, 5.41) is 23.0. The van der Waals surface area contributed by atoms with Crippen LogP contribution in [0, 0.1) is 22.7 Å². The molecular formula is C17H13N3. The Kier molecular flexibility index (Phi) is 3.11. The predicted molar refractivity (Wildman–Crippen MR) is 78.9 cm³/mol. The molecule has 1 fully saturated rings. The van der Waals surface area contributed by atoms with E-state index >= 15 is 0 Å². The molecule has 3 heteroatoms. The van der Waals surface area contributed by atoms with Crippen LogP contribution in [0.3, 0.4) is 0 Å². The number of nitrogens with zero attached hydrogens (tertiary/aromatic N) is 2. The monoisotopic (exact) mass is 259 g/mol. The first-order valence-corrected chi connectivity index (χ1v) is 6.62. The van der Waals surface area contributed by atoms with E-state index in [4.69, 9.17) is 10.5 Å². The van der Waals surface area contributed by atoms with Crippen LogP contribution < -0.4 is 5.32 Å². The molecule has 2 aromatic carbocycles. The summed E-state index contributed by atoms with van der Waals surface area (Å²) in [7, 11) is 0. The van der Waals surface area contributed by atoms with Crippen molar-refractivity contribution in [1.82, 2.24) is 0 Å². The van der Waals surface area contributed by atoms with Gasteiger partial charge in [0.15, 0.2) is 0 Å². The highest BCUT2D eigenvalue weighted by Gasteiger charge is 2.25. The highest BCUT2D eigenvalue weighted by Crippen LogP contribution is 2.44. The first-order valence-electron chi connectivity index (χ1n) is 6.62. The van der Waals surface area contributed by atoms with E-state index < -0.39 is 0 Å². The second-order valence-corrected chi connectivity index (χ2v) is 4.95. The fraction of sp³-hybridized carbons (Fsp3) is 0.176. The lowest BCUT2D eigenvalue weighted by atomic mass is 10.00. The molecule has 0 atom stereocenters. The molecule has 0 heterocycles. The average molecular weight is 259 g/mol. The highest BCUT2D eigenvalue weighted by atomic mass is 14.8. The van der Waals surface area contributed by atoms with Crippen LogP contribution in [0.2, 0.25) is 0 Å². The Labute approximate surface area is 117 Å². The van der Waals surface area contributed by atoms with Gasteiger partial charge in [0.25, 0.3) is 0 Å². The van der Waals surface area contributed by atoms with Crippen LogP contribution in [0.4, 0.5) is 5.69 Å². The molecule has 0 amide bonds. The van der Waals surface area contributed by atoms with Gasteiger partial charge in [0, 0.05) is 17.3 Å². The summed E-state index contributed by atoms with van der Waals surface area (Å²) >= 11 is 0. The van der Waals surface area contributed by atoms with E-state index in [0.29, 0.717) is 5.92 Å². The summed E-state index contributed by atoms with van der Waals surface area (Å²) in [4.78, 5) is 0. The van der Waals surface area contributed by atoms with Crippen LogP contribution in [-0.2, 0) is 0 Å². The third-order valence-electron chi connectivity index (χ3n) is 3.59. The number of rotatable bonds is 3. The Hall–Kier alpha value is -2.78. The summed E-state index contributed by atoms with van der Waals surface area (Å²) in [5.74, 6) is 0.693. The van der Waals surface area contributed by atoms with E-state index in [9.17, 15) is 0 Å². The van der Waals surface area contributed by atoms with Gasteiger partial charge in [-0.15, -0.1) is 0 Å². The lowest BCUT2D eigenvalue weighted by Gasteiger charge is -2.10. The zero-order valence-corrected chi connectivity index (χ0v) is 10.9. The molecule has 1 aliphatic carbocycles. The molecule has 1 N–H and O–H groups in total. The van der Waals surface area contributed by atoms with Gasteiger partial charge in [0.05, 0.1) is 0 Å². The molecular weight excluding hydrogens is 246 g/mol. The van der Waals surface area contributed by atoms with Crippen molar-refractivity contribution in [2.45, 2.75) is 18.8 Å². The summed E-state index contributed by atoms with van der Waals surface area (Å²) in [6.07, 6.45) is 3.99. The second-order valence-electron chi connectivity index (χ2n) is 4.95. The molecule has 3 nitrogen and oxygen atoms in total. The van der Waals surface area contributed by atoms with Crippen LogP contribution in [0.5, 0.6) is 0 Å². The third-order valence-corrected chi connectivity index (χ3v) is 3.59. The van der Waals surface area contributed by atoms with Gasteiger partial charge < -0.3 is 5.32 Å². The number of hydrogen-bond acceptors (Lipinski definition) is 3. The van der Waals surface area contributed by atoms with Crippen molar-refractivity contribution in [3.8, 4) is 12.1 Å². The summed E-state index contributed by atoms with van der Waals surface area (Å²) in [6.45, 7) is 0. The number of nitrogens with one attached hydrogen (secondary N) is 1. The number of anilines is 1. The smallest absolute Gasteiger partial charge is 0.145 e. The fourth-order valence-corrected chi connectivity index (χ4v) is 2.44. The molecule has 0 aliphatic heterocycles. The molecule has 20 heavy (non-hydrogen) atoms. The van der Waals surface area contributed by atoms with Gasteiger partial charge >= 0.3 is 0 Å². The van der Waals surface area contributed by atoms with Gasteiger partial charge in [0.2, 0.25) is 0 Å². The van der Waals surface area contributed by atoms with Crippen LogP contribution in [0.25, 0.3) is 10.8 Å².